The Balaban J connectivity index is 1.29. The van der Waals surface area contributed by atoms with Crippen LogP contribution in [0.4, 0.5) is 4.79 Å². The van der Waals surface area contributed by atoms with Crippen molar-refractivity contribution in [1.29, 1.82) is 0 Å². The van der Waals surface area contributed by atoms with Gasteiger partial charge in [-0.3, -0.25) is 4.79 Å². The van der Waals surface area contributed by atoms with Gasteiger partial charge in [0.2, 0.25) is 5.91 Å². The third-order valence-electron chi connectivity index (χ3n) is 5.86. The van der Waals surface area contributed by atoms with Crippen molar-refractivity contribution >= 4 is 11.9 Å². The second-order valence-electron chi connectivity index (χ2n) is 7.77. The molecule has 2 fully saturated rings. The second-order valence-corrected chi connectivity index (χ2v) is 7.77. The predicted octanol–water partition coefficient (Wildman–Crippen LogP) is 2.40. The number of hydrogen-bond donors (Lipinski definition) is 1. The Morgan fingerprint density at radius 3 is 2.44 bits per heavy atom. The molecule has 2 saturated carbocycles. The molecule has 1 N–H and O–H groups in total. The molecule has 2 aliphatic carbocycles. The number of rotatable bonds is 5. The summed E-state index contributed by atoms with van der Waals surface area (Å²) in [6.07, 6.45) is 5.87. The lowest BCUT2D eigenvalue weighted by Crippen LogP contribution is -2.48. The summed E-state index contributed by atoms with van der Waals surface area (Å²) >= 11 is 0. The number of likely N-dealkylation sites (N-methyl/N-ethyl adjacent to an activating group) is 1. The van der Waals surface area contributed by atoms with Gasteiger partial charge in [0.1, 0.15) is 0 Å². The van der Waals surface area contributed by atoms with E-state index in [1.54, 1.807) is 4.90 Å². The van der Waals surface area contributed by atoms with Gasteiger partial charge in [0.15, 0.2) is 0 Å². The van der Waals surface area contributed by atoms with E-state index in [0.29, 0.717) is 31.0 Å². The summed E-state index contributed by atoms with van der Waals surface area (Å²) in [5.74, 6) is 1.42. The fourth-order valence-electron chi connectivity index (χ4n) is 4.12. The number of amides is 3. The summed E-state index contributed by atoms with van der Waals surface area (Å²) in [5.41, 5.74) is 2.52. The normalized spacial score (nSPS) is 19.5. The first-order chi connectivity index (χ1) is 12.1. The molecule has 3 amide bonds. The van der Waals surface area contributed by atoms with Gasteiger partial charge in [-0.2, -0.15) is 0 Å². The summed E-state index contributed by atoms with van der Waals surface area (Å²) < 4.78 is 0. The van der Waals surface area contributed by atoms with Gasteiger partial charge < -0.3 is 15.1 Å². The molecule has 25 heavy (non-hydrogen) atoms. The van der Waals surface area contributed by atoms with Crippen molar-refractivity contribution in [2.24, 2.45) is 11.8 Å². The number of carbonyl (C=O) groups is 2. The predicted molar refractivity (Wildman–Crippen MR) is 96.0 cm³/mol. The first-order valence-corrected chi connectivity index (χ1v) is 9.48. The van der Waals surface area contributed by atoms with Crippen molar-refractivity contribution in [2.45, 2.75) is 44.7 Å². The molecule has 0 bridgehead atoms. The fourth-order valence-corrected chi connectivity index (χ4v) is 4.12. The number of urea groups is 1. The van der Waals surface area contributed by atoms with Crippen LogP contribution in [0, 0.1) is 11.8 Å². The lowest BCUT2D eigenvalue weighted by molar-refractivity contribution is -0.131. The summed E-state index contributed by atoms with van der Waals surface area (Å²) in [5, 5.41) is 2.83. The topological polar surface area (TPSA) is 52.7 Å². The van der Waals surface area contributed by atoms with Crippen molar-refractivity contribution in [2.75, 3.05) is 20.1 Å². The van der Waals surface area contributed by atoms with E-state index in [0.717, 1.165) is 6.42 Å². The Morgan fingerprint density at radius 1 is 1.16 bits per heavy atom. The molecular formula is C20H27N3O2. The summed E-state index contributed by atoms with van der Waals surface area (Å²) in [6, 6.07) is 8.51. The SMILES string of the molecule is CN(C(=O)CNC(=O)N1CCc2ccccc2C1)C(C1CC1)C1CC1. The van der Waals surface area contributed by atoms with Crippen molar-refractivity contribution in [3.05, 3.63) is 35.4 Å². The number of carbonyl (C=O) groups excluding carboxylic acids is 2. The highest BCUT2D eigenvalue weighted by Gasteiger charge is 2.44. The van der Waals surface area contributed by atoms with E-state index in [4.69, 9.17) is 0 Å². The van der Waals surface area contributed by atoms with Crippen LogP contribution >= 0.6 is 0 Å². The minimum Gasteiger partial charge on any atom is -0.341 e. The zero-order chi connectivity index (χ0) is 17.4. The average Bonchev–Trinajstić information content (AvgIpc) is 3.53. The molecule has 0 saturated heterocycles. The van der Waals surface area contributed by atoms with Crippen molar-refractivity contribution in [1.82, 2.24) is 15.1 Å². The minimum absolute atomic E-state index is 0.0366. The van der Waals surface area contributed by atoms with Gasteiger partial charge in [0.05, 0.1) is 6.54 Å². The van der Waals surface area contributed by atoms with E-state index in [1.807, 2.05) is 24.1 Å². The number of fused-ring (bicyclic) bond motifs is 1. The van der Waals surface area contributed by atoms with E-state index in [-0.39, 0.29) is 18.5 Å². The lowest BCUT2D eigenvalue weighted by Gasteiger charge is -2.31. The second kappa shape index (κ2) is 6.70. The maximum Gasteiger partial charge on any atom is 0.318 e. The standard InChI is InChI=1S/C20H27N3O2/c1-22(19(15-6-7-15)16-8-9-16)18(24)12-21-20(25)23-11-10-14-4-2-3-5-17(14)13-23/h2-5,15-16,19H,6-13H2,1H3,(H,21,25). The van der Waals surface area contributed by atoms with Gasteiger partial charge in [-0.15, -0.1) is 0 Å². The molecule has 3 aliphatic rings. The third kappa shape index (κ3) is 3.65. The van der Waals surface area contributed by atoms with E-state index in [1.165, 1.54) is 36.8 Å². The first kappa shape index (κ1) is 16.4. The van der Waals surface area contributed by atoms with Gasteiger partial charge in [-0.25, -0.2) is 4.79 Å². The Hall–Kier alpha value is -2.04. The van der Waals surface area contributed by atoms with Crippen LogP contribution < -0.4 is 5.32 Å². The molecule has 0 aromatic heterocycles. The van der Waals surface area contributed by atoms with Crippen LogP contribution in [0.3, 0.4) is 0 Å². The van der Waals surface area contributed by atoms with Crippen LogP contribution in [0.1, 0.15) is 36.8 Å². The van der Waals surface area contributed by atoms with E-state index in [2.05, 4.69) is 17.4 Å². The molecule has 1 aliphatic heterocycles. The molecule has 1 aromatic rings. The van der Waals surface area contributed by atoms with Crippen LogP contribution in [0.5, 0.6) is 0 Å². The van der Waals surface area contributed by atoms with Gasteiger partial charge in [0, 0.05) is 26.2 Å². The van der Waals surface area contributed by atoms with E-state index >= 15 is 0 Å². The molecule has 0 atom stereocenters. The average molecular weight is 341 g/mol. The van der Waals surface area contributed by atoms with Crippen LogP contribution in [0.15, 0.2) is 24.3 Å². The molecule has 0 radical (unpaired) electrons. The maximum atomic E-state index is 12.5. The highest BCUT2D eigenvalue weighted by Crippen LogP contribution is 2.46. The summed E-state index contributed by atoms with van der Waals surface area (Å²) in [4.78, 5) is 28.7. The van der Waals surface area contributed by atoms with Crippen molar-refractivity contribution in [3.8, 4) is 0 Å². The summed E-state index contributed by atoms with van der Waals surface area (Å²) in [7, 11) is 1.91. The van der Waals surface area contributed by atoms with Gasteiger partial charge in [-0.1, -0.05) is 24.3 Å². The zero-order valence-corrected chi connectivity index (χ0v) is 14.9. The van der Waals surface area contributed by atoms with Crippen LogP contribution in [0.2, 0.25) is 0 Å². The molecule has 4 rings (SSSR count). The fraction of sp³-hybridized carbons (Fsp3) is 0.600. The number of benzene rings is 1. The maximum absolute atomic E-state index is 12.5. The van der Waals surface area contributed by atoms with Gasteiger partial charge in [0.25, 0.3) is 0 Å². The minimum atomic E-state index is -0.134. The molecule has 134 valence electrons. The number of hydrogen-bond acceptors (Lipinski definition) is 2. The number of nitrogens with zero attached hydrogens (tertiary/aromatic N) is 2. The van der Waals surface area contributed by atoms with Gasteiger partial charge in [-0.05, 0) is 55.1 Å². The zero-order valence-electron chi connectivity index (χ0n) is 14.9. The Morgan fingerprint density at radius 2 is 1.80 bits per heavy atom. The highest BCUT2D eigenvalue weighted by molar-refractivity contribution is 5.84. The molecule has 5 heteroatoms. The third-order valence-corrected chi connectivity index (χ3v) is 5.86. The first-order valence-electron chi connectivity index (χ1n) is 9.48. The van der Waals surface area contributed by atoms with E-state index < -0.39 is 0 Å². The Labute approximate surface area is 149 Å². The lowest BCUT2D eigenvalue weighted by atomic mass is 10.0. The van der Waals surface area contributed by atoms with Crippen molar-refractivity contribution < 1.29 is 9.59 Å². The van der Waals surface area contributed by atoms with Crippen LogP contribution in [-0.4, -0.2) is 47.9 Å². The van der Waals surface area contributed by atoms with E-state index in [9.17, 15) is 9.59 Å². The number of nitrogens with one attached hydrogen (secondary N) is 1. The monoisotopic (exact) mass is 341 g/mol. The highest BCUT2D eigenvalue weighted by atomic mass is 16.2. The molecule has 0 unspecified atom stereocenters. The van der Waals surface area contributed by atoms with Crippen molar-refractivity contribution in [3.63, 3.8) is 0 Å². The molecule has 5 nitrogen and oxygen atoms in total. The summed E-state index contributed by atoms with van der Waals surface area (Å²) in [6.45, 7) is 1.43. The molecular weight excluding hydrogens is 314 g/mol. The molecule has 1 aromatic carbocycles. The Bertz CT molecular complexity index is 655. The van der Waals surface area contributed by atoms with Crippen LogP contribution in [0.25, 0.3) is 0 Å². The smallest absolute Gasteiger partial charge is 0.318 e. The van der Waals surface area contributed by atoms with Gasteiger partial charge >= 0.3 is 6.03 Å². The Kier molecular flexibility index (Phi) is 4.40. The largest absolute Gasteiger partial charge is 0.341 e. The quantitative estimate of drug-likeness (QED) is 0.894. The van der Waals surface area contributed by atoms with Crippen LogP contribution in [-0.2, 0) is 17.8 Å². The molecule has 1 heterocycles. The molecule has 0 spiro atoms.